The third-order valence-electron chi connectivity index (χ3n) is 2.27. The molecule has 0 radical (unpaired) electrons. The first-order valence-electron chi connectivity index (χ1n) is 5.51. The van der Waals surface area contributed by atoms with Gasteiger partial charge in [-0.15, -0.1) is 0 Å². The second kappa shape index (κ2) is 5.82. The Morgan fingerprint density at radius 2 is 2.10 bits per heavy atom. The highest BCUT2D eigenvalue weighted by atomic mass is 19.1. The molecule has 0 aliphatic heterocycles. The van der Waals surface area contributed by atoms with Gasteiger partial charge in [0.2, 0.25) is 5.88 Å². The molecule has 1 heterocycles. The van der Waals surface area contributed by atoms with Gasteiger partial charge in [0.15, 0.2) is 11.6 Å². The van der Waals surface area contributed by atoms with Gasteiger partial charge in [0.25, 0.3) is 5.69 Å². The summed E-state index contributed by atoms with van der Waals surface area (Å²) in [5.74, 6) is -1.13. The zero-order chi connectivity index (χ0) is 15.4. The Hall–Kier alpha value is -3.23. The van der Waals surface area contributed by atoms with Crippen molar-refractivity contribution in [3.05, 3.63) is 52.5 Å². The number of nitro groups is 1. The second-order valence-electron chi connectivity index (χ2n) is 3.72. The van der Waals surface area contributed by atoms with Crippen LogP contribution in [0.5, 0.6) is 17.4 Å². The number of hydrogen-bond donors (Lipinski definition) is 1. The standard InChI is InChI=1S/C12H8FN3O5/c13-9-5-7(16(18)19)1-2-10(9)20-8-3-4-15-11(6-8)21-12(14)17/h1-6H,(H2,14,17). The number of pyridine rings is 1. The van der Waals surface area contributed by atoms with Crippen LogP contribution in [-0.4, -0.2) is 16.0 Å². The van der Waals surface area contributed by atoms with Crippen molar-refractivity contribution in [1.29, 1.82) is 0 Å². The third kappa shape index (κ3) is 3.62. The lowest BCUT2D eigenvalue weighted by Gasteiger charge is -2.07. The lowest BCUT2D eigenvalue weighted by molar-refractivity contribution is -0.385. The van der Waals surface area contributed by atoms with Gasteiger partial charge in [-0.05, 0) is 12.1 Å². The van der Waals surface area contributed by atoms with Gasteiger partial charge >= 0.3 is 6.09 Å². The summed E-state index contributed by atoms with van der Waals surface area (Å²) in [5.41, 5.74) is 4.43. The molecule has 21 heavy (non-hydrogen) atoms. The zero-order valence-electron chi connectivity index (χ0n) is 10.4. The minimum atomic E-state index is -1.05. The number of nitro benzene ring substituents is 1. The van der Waals surface area contributed by atoms with Crippen molar-refractivity contribution < 1.29 is 23.6 Å². The van der Waals surface area contributed by atoms with Crippen LogP contribution in [0.4, 0.5) is 14.9 Å². The fourth-order valence-electron chi connectivity index (χ4n) is 1.43. The van der Waals surface area contributed by atoms with Crippen molar-refractivity contribution in [2.45, 2.75) is 0 Å². The van der Waals surface area contributed by atoms with Crippen molar-refractivity contribution >= 4 is 11.8 Å². The van der Waals surface area contributed by atoms with E-state index in [1.165, 1.54) is 18.3 Å². The van der Waals surface area contributed by atoms with Gasteiger partial charge in [-0.2, -0.15) is 0 Å². The van der Waals surface area contributed by atoms with E-state index in [0.717, 1.165) is 18.2 Å². The van der Waals surface area contributed by atoms with E-state index < -0.39 is 22.5 Å². The summed E-state index contributed by atoms with van der Waals surface area (Å²) in [6, 6.07) is 5.54. The third-order valence-corrected chi connectivity index (χ3v) is 2.27. The first-order chi connectivity index (χ1) is 9.95. The molecule has 1 amide bonds. The van der Waals surface area contributed by atoms with Crippen LogP contribution in [0, 0.1) is 15.9 Å². The highest BCUT2D eigenvalue weighted by molar-refractivity contribution is 5.67. The maximum absolute atomic E-state index is 13.7. The largest absolute Gasteiger partial charge is 0.454 e. The van der Waals surface area contributed by atoms with Crippen LogP contribution in [0.15, 0.2) is 36.5 Å². The molecule has 0 saturated carbocycles. The summed E-state index contributed by atoms with van der Waals surface area (Å²) in [6.07, 6.45) is 0.206. The summed E-state index contributed by atoms with van der Waals surface area (Å²) in [4.78, 5) is 24.1. The van der Waals surface area contributed by atoms with E-state index in [2.05, 4.69) is 9.72 Å². The number of nitrogens with two attached hydrogens (primary N) is 1. The topological polar surface area (TPSA) is 118 Å². The monoisotopic (exact) mass is 293 g/mol. The van der Waals surface area contributed by atoms with Crippen LogP contribution in [0.2, 0.25) is 0 Å². The molecule has 0 bridgehead atoms. The molecule has 2 rings (SSSR count). The number of rotatable bonds is 4. The van der Waals surface area contributed by atoms with Crippen LogP contribution < -0.4 is 15.2 Å². The number of hydrogen-bond acceptors (Lipinski definition) is 6. The number of non-ortho nitro benzene ring substituents is 1. The Morgan fingerprint density at radius 1 is 1.33 bits per heavy atom. The van der Waals surface area contributed by atoms with E-state index in [0.29, 0.717) is 0 Å². The number of ether oxygens (including phenoxy) is 2. The van der Waals surface area contributed by atoms with E-state index in [9.17, 15) is 19.3 Å². The van der Waals surface area contributed by atoms with Crippen LogP contribution in [0.25, 0.3) is 0 Å². The highest BCUT2D eigenvalue weighted by Gasteiger charge is 2.13. The molecule has 0 saturated heterocycles. The lowest BCUT2D eigenvalue weighted by Crippen LogP contribution is -2.16. The van der Waals surface area contributed by atoms with Gasteiger partial charge in [-0.3, -0.25) is 10.1 Å². The van der Waals surface area contributed by atoms with E-state index in [1.54, 1.807) is 0 Å². The molecule has 1 aromatic heterocycles. The summed E-state index contributed by atoms with van der Waals surface area (Å²) in [6.45, 7) is 0. The van der Waals surface area contributed by atoms with Crippen molar-refractivity contribution in [3.63, 3.8) is 0 Å². The number of benzene rings is 1. The average Bonchev–Trinajstić information content (AvgIpc) is 2.40. The number of carbonyl (C=O) groups excluding carboxylic acids is 1. The normalized spacial score (nSPS) is 9.95. The SMILES string of the molecule is NC(=O)Oc1cc(Oc2ccc([N+](=O)[O-])cc2F)ccn1. The number of amides is 1. The average molecular weight is 293 g/mol. The maximum atomic E-state index is 13.7. The van der Waals surface area contributed by atoms with Gasteiger partial charge in [-0.25, -0.2) is 14.2 Å². The molecule has 2 N–H and O–H groups in total. The van der Waals surface area contributed by atoms with Crippen molar-refractivity contribution in [2.75, 3.05) is 0 Å². The van der Waals surface area contributed by atoms with Crippen molar-refractivity contribution in [3.8, 4) is 17.4 Å². The van der Waals surface area contributed by atoms with Gasteiger partial charge in [0, 0.05) is 18.3 Å². The molecule has 0 fully saturated rings. The van der Waals surface area contributed by atoms with Crippen LogP contribution in [0.3, 0.4) is 0 Å². The Morgan fingerprint density at radius 3 is 2.71 bits per heavy atom. The summed E-state index contributed by atoms with van der Waals surface area (Å²) >= 11 is 0. The zero-order valence-corrected chi connectivity index (χ0v) is 10.4. The number of halogens is 1. The number of primary amides is 1. The molecule has 2 aromatic rings. The van der Waals surface area contributed by atoms with E-state index >= 15 is 0 Å². The minimum absolute atomic E-state index is 0.119. The number of nitrogens with zero attached hydrogens (tertiary/aromatic N) is 2. The molecule has 0 spiro atoms. The molecular weight excluding hydrogens is 285 g/mol. The Labute approximate surface area is 117 Å². The molecule has 9 heteroatoms. The fraction of sp³-hybridized carbons (Fsp3) is 0. The Kier molecular flexibility index (Phi) is 3.93. The number of aromatic nitrogens is 1. The summed E-state index contributed by atoms with van der Waals surface area (Å²) < 4.78 is 23.4. The summed E-state index contributed by atoms with van der Waals surface area (Å²) in [7, 11) is 0. The van der Waals surface area contributed by atoms with Crippen LogP contribution in [-0.2, 0) is 0 Å². The molecule has 108 valence electrons. The van der Waals surface area contributed by atoms with Crippen molar-refractivity contribution in [2.24, 2.45) is 5.73 Å². The van der Waals surface area contributed by atoms with Gasteiger partial charge in [0.05, 0.1) is 11.0 Å². The van der Waals surface area contributed by atoms with E-state index in [4.69, 9.17) is 10.5 Å². The van der Waals surface area contributed by atoms with E-state index in [-0.39, 0.29) is 17.4 Å². The molecule has 1 aromatic carbocycles. The highest BCUT2D eigenvalue weighted by Crippen LogP contribution is 2.28. The fourth-order valence-corrected chi connectivity index (χ4v) is 1.43. The molecule has 0 aliphatic rings. The smallest absolute Gasteiger partial charge is 0.411 e. The van der Waals surface area contributed by atoms with Crippen LogP contribution >= 0.6 is 0 Å². The second-order valence-corrected chi connectivity index (χ2v) is 3.72. The first-order valence-corrected chi connectivity index (χ1v) is 5.51. The van der Waals surface area contributed by atoms with E-state index in [1.807, 2.05) is 0 Å². The molecule has 0 unspecified atom stereocenters. The molecule has 8 nitrogen and oxygen atoms in total. The predicted octanol–water partition coefficient (Wildman–Crippen LogP) is 2.38. The van der Waals surface area contributed by atoms with Gasteiger partial charge in [0.1, 0.15) is 5.75 Å². The minimum Gasteiger partial charge on any atom is -0.454 e. The number of carbonyl (C=O) groups is 1. The van der Waals surface area contributed by atoms with Gasteiger partial charge < -0.3 is 15.2 Å². The lowest BCUT2D eigenvalue weighted by atomic mass is 10.3. The summed E-state index contributed by atoms with van der Waals surface area (Å²) in [5, 5.41) is 10.5. The van der Waals surface area contributed by atoms with Gasteiger partial charge in [-0.1, -0.05) is 0 Å². The Balaban J connectivity index is 2.22. The molecular formula is C12H8FN3O5. The van der Waals surface area contributed by atoms with Crippen LogP contribution in [0.1, 0.15) is 0 Å². The predicted molar refractivity (Wildman–Crippen MR) is 67.6 cm³/mol. The molecule has 0 aliphatic carbocycles. The Bertz CT molecular complexity index is 707. The van der Waals surface area contributed by atoms with Crippen molar-refractivity contribution in [1.82, 2.24) is 4.98 Å². The first kappa shape index (κ1) is 14.2. The quantitative estimate of drug-likeness (QED) is 0.683. The molecule has 0 atom stereocenters. The maximum Gasteiger partial charge on any atom is 0.411 e.